The minimum absolute atomic E-state index is 0.171. The molecule has 0 aliphatic heterocycles. The van der Waals surface area contributed by atoms with Crippen LogP contribution in [0.4, 0.5) is 0 Å². The van der Waals surface area contributed by atoms with Gasteiger partial charge in [-0.15, -0.1) is 0 Å². The standard InChI is InChI=1S/C86H133NO8/c1-6-8-10-12-14-16-18-20-22-24-26-28-30-32-34-36-38-39-40-41-42-43-44-45-47-49-51-53-55-57-59-61-63-65-67-69-71-73-75-77-84(89)95-82(81-94-86(85(90)91)92-79-78-87(3,4)5)80-93-83(88)76-74-72-70-68-66-64-62-60-58-56-54-52-50-48-46-37-35-33-31-29-27-25-23-21-19-17-15-13-11-9-7-2/h8-11,14-17,20-23,26-29,32-35,38-39,41-42,44-46,48-49,51-52,54-55,57-58,60,82,86H,6-7,12-13,18-19,24-25,30-31,36-37,40,43,47,50,53,56,59,61-81H2,1-5H3/p+1/b10-8-,11-9-,16-14-,17-15-,22-20-,23-21-,28-26-,29-27-,34-32-,35-33-,39-38-,42-41-,45-44-,48-46-,51-49-,54-52-,57-55-,60-58-. The molecule has 0 saturated carbocycles. The number of likely N-dealkylation sites (N-methyl/N-ethyl adjacent to an activating group) is 1. The van der Waals surface area contributed by atoms with Gasteiger partial charge in [0.15, 0.2) is 6.10 Å². The molecule has 95 heavy (non-hydrogen) atoms. The average molecular weight is 1310 g/mol. The first-order valence-corrected chi connectivity index (χ1v) is 36.9. The van der Waals surface area contributed by atoms with Crippen molar-refractivity contribution in [1.29, 1.82) is 0 Å². The second kappa shape index (κ2) is 73.4. The number of allylic oxidation sites excluding steroid dienone is 36. The first kappa shape index (κ1) is 88.6. The molecule has 0 aromatic rings. The van der Waals surface area contributed by atoms with Crippen LogP contribution in [0.15, 0.2) is 219 Å². The van der Waals surface area contributed by atoms with Gasteiger partial charge in [0.05, 0.1) is 34.4 Å². The van der Waals surface area contributed by atoms with Crippen molar-refractivity contribution in [2.75, 3.05) is 47.5 Å². The Balaban J connectivity index is 4.24. The smallest absolute Gasteiger partial charge is 0.361 e. The summed E-state index contributed by atoms with van der Waals surface area (Å²) in [7, 11) is 5.95. The number of rotatable bonds is 65. The Morgan fingerprint density at radius 2 is 0.568 bits per heavy atom. The maximum atomic E-state index is 13.0. The summed E-state index contributed by atoms with van der Waals surface area (Å²) in [5, 5.41) is 9.76. The Kier molecular flexibility index (Phi) is 68.5. The average Bonchev–Trinajstić information content (AvgIpc) is 2.92. The van der Waals surface area contributed by atoms with Crippen molar-refractivity contribution in [2.24, 2.45) is 0 Å². The van der Waals surface area contributed by atoms with Crippen molar-refractivity contribution in [2.45, 2.75) is 257 Å². The molecule has 9 heteroatoms. The third-order valence-electron chi connectivity index (χ3n) is 14.7. The summed E-state index contributed by atoms with van der Waals surface area (Å²) in [5.41, 5.74) is 0. The number of nitrogens with zero attached hydrogens (tertiary/aromatic N) is 1. The van der Waals surface area contributed by atoms with Crippen molar-refractivity contribution in [3.8, 4) is 0 Å². The summed E-state index contributed by atoms with van der Waals surface area (Å²) < 4.78 is 23.0. The number of carboxylic acids is 1. The van der Waals surface area contributed by atoms with E-state index in [1.807, 2.05) is 21.1 Å². The minimum atomic E-state index is -1.53. The highest BCUT2D eigenvalue weighted by Crippen LogP contribution is 2.15. The predicted molar refractivity (Wildman–Crippen MR) is 409 cm³/mol. The molecule has 0 aromatic carbocycles. The lowest BCUT2D eigenvalue weighted by atomic mass is 10.1. The largest absolute Gasteiger partial charge is 0.477 e. The van der Waals surface area contributed by atoms with Crippen molar-refractivity contribution in [3.05, 3.63) is 219 Å². The van der Waals surface area contributed by atoms with Crippen LogP contribution in [0.5, 0.6) is 0 Å². The lowest BCUT2D eigenvalue weighted by Crippen LogP contribution is -2.40. The molecule has 2 unspecified atom stereocenters. The molecule has 0 aliphatic rings. The van der Waals surface area contributed by atoms with Gasteiger partial charge in [0.25, 0.3) is 6.29 Å². The van der Waals surface area contributed by atoms with Gasteiger partial charge in [-0.2, -0.15) is 0 Å². The zero-order chi connectivity index (χ0) is 69.0. The molecule has 0 heterocycles. The van der Waals surface area contributed by atoms with Crippen LogP contribution in [0.1, 0.15) is 245 Å². The monoisotopic (exact) mass is 1310 g/mol. The predicted octanol–water partition coefficient (Wildman–Crippen LogP) is 23.7. The maximum Gasteiger partial charge on any atom is 0.361 e. The fourth-order valence-electron chi connectivity index (χ4n) is 9.17. The van der Waals surface area contributed by atoms with Gasteiger partial charge in [0.1, 0.15) is 13.2 Å². The molecule has 9 nitrogen and oxygen atoms in total. The van der Waals surface area contributed by atoms with E-state index in [1.54, 1.807) is 0 Å². The van der Waals surface area contributed by atoms with Gasteiger partial charge in [0, 0.05) is 12.8 Å². The lowest BCUT2D eigenvalue weighted by molar-refractivity contribution is -0.870. The summed E-state index contributed by atoms with van der Waals surface area (Å²) >= 11 is 0. The van der Waals surface area contributed by atoms with Gasteiger partial charge < -0.3 is 28.5 Å². The molecular weight excluding hydrogens is 1170 g/mol. The molecule has 2 atom stereocenters. The number of carboxylic acid groups (broad SMARTS) is 1. The third kappa shape index (κ3) is 74.9. The summed E-state index contributed by atoms with van der Waals surface area (Å²) in [5.74, 6) is -2.06. The highest BCUT2D eigenvalue weighted by Gasteiger charge is 2.25. The second-order valence-corrected chi connectivity index (χ2v) is 24.8. The first-order chi connectivity index (χ1) is 46.6. The maximum absolute atomic E-state index is 13.0. The molecule has 0 amide bonds. The Morgan fingerprint density at radius 1 is 0.316 bits per heavy atom. The van der Waals surface area contributed by atoms with Crippen LogP contribution >= 0.6 is 0 Å². The molecule has 0 fully saturated rings. The number of ether oxygens (including phenoxy) is 4. The minimum Gasteiger partial charge on any atom is -0.477 e. The quantitative estimate of drug-likeness (QED) is 0.0211. The Morgan fingerprint density at radius 3 is 0.842 bits per heavy atom. The van der Waals surface area contributed by atoms with Crippen LogP contribution in [-0.2, 0) is 33.3 Å². The number of aliphatic carboxylic acids is 1. The van der Waals surface area contributed by atoms with E-state index in [1.165, 1.54) is 25.7 Å². The van der Waals surface area contributed by atoms with E-state index in [0.29, 0.717) is 23.9 Å². The number of quaternary nitrogens is 1. The zero-order valence-corrected chi connectivity index (χ0v) is 60.5. The number of unbranched alkanes of at least 4 members (excludes halogenated alkanes) is 14. The molecule has 530 valence electrons. The Hall–Kier alpha value is -6.39. The van der Waals surface area contributed by atoms with Crippen LogP contribution in [0.3, 0.4) is 0 Å². The second-order valence-electron chi connectivity index (χ2n) is 24.8. The van der Waals surface area contributed by atoms with Gasteiger partial charge in [-0.25, -0.2) is 4.79 Å². The van der Waals surface area contributed by atoms with Crippen LogP contribution in [0.25, 0.3) is 0 Å². The Bertz CT molecular complexity index is 2370. The van der Waals surface area contributed by atoms with Gasteiger partial charge >= 0.3 is 17.9 Å². The number of hydrogen-bond donors (Lipinski definition) is 1. The zero-order valence-electron chi connectivity index (χ0n) is 60.5. The van der Waals surface area contributed by atoms with Crippen LogP contribution in [0.2, 0.25) is 0 Å². The molecule has 0 radical (unpaired) electrons. The Labute approximate surface area is 581 Å². The van der Waals surface area contributed by atoms with E-state index in [0.717, 1.165) is 180 Å². The SMILES string of the molecule is CC/C=C\C/C=C\C/C=C\C/C=C\C/C=C\C/C=C\C/C=C\C/C=C\C/C=C\C/C=C\CCCCCCCCCCC(=O)OC(COC(=O)CCCCCCCC/C=C\C/C=C\C/C=C\C/C=C\C/C=C\C/C=C\C/C=C\C/C=C\CC)COC(OCC[N+](C)(C)C)C(=O)O. The van der Waals surface area contributed by atoms with E-state index in [9.17, 15) is 19.5 Å². The normalized spacial score (nSPS) is 14.0. The highest BCUT2D eigenvalue weighted by atomic mass is 16.7. The van der Waals surface area contributed by atoms with Gasteiger partial charge in [-0.1, -0.05) is 297 Å². The number of hydrogen-bond acceptors (Lipinski definition) is 7. The van der Waals surface area contributed by atoms with Crippen molar-refractivity contribution in [3.63, 3.8) is 0 Å². The molecule has 0 spiro atoms. The first-order valence-electron chi connectivity index (χ1n) is 36.9. The van der Waals surface area contributed by atoms with Crippen molar-refractivity contribution >= 4 is 17.9 Å². The van der Waals surface area contributed by atoms with Gasteiger partial charge in [0.2, 0.25) is 0 Å². The summed E-state index contributed by atoms with van der Waals surface area (Å²) in [6.07, 6.45) is 113. The van der Waals surface area contributed by atoms with E-state index < -0.39 is 24.3 Å². The molecule has 0 rings (SSSR count). The van der Waals surface area contributed by atoms with E-state index >= 15 is 0 Å². The van der Waals surface area contributed by atoms with Gasteiger partial charge in [-0.05, 0) is 154 Å². The fraction of sp³-hybridized carbons (Fsp3) is 0.547. The van der Waals surface area contributed by atoms with E-state index in [2.05, 4.69) is 233 Å². The summed E-state index contributed by atoms with van der Waals surface area (Å²) in [4.78, 5) is 37.7. The van der Waals surface area contributed by atoms with Crippen molar-refractivity contribution in [1.82, 2.24) is 0 Å². The molecule has 0 aliphatic carbocycles. The lowest BCUT2D eigenvalue weighted by Gasteiger charge is -2.25. The van der Waals surface area contributed by atoms with Crippen LogP contribution < -0.4 is 0 Å². The topological polar surface area (TPSA) is 108 Å². The molecule has 0 aromatic heterocycles. The van der Waals surface area contributed by atoms with E-state index in [4.69, 9.17) is 18.9 Å². The van der Waals surface area contributed by atoms with Gasteiger partial charge in [-0.3, -0.25) is 9.59 Å². The molecule has 0 saturated heterocycles. The third-order valence-corrected chi connectivity index (χ3v) is 14.7. The molecule has 1 N–H and O–H groups in total. The van der Waals surface area contributed by atoms with Crippen molar-refractivity contribution < 1.29 is 42.9 Å². The molecular formula is C86H134NO8+. The van der Waals surface area contributed by atoms with E-state index in [-0.39, 0.29) is 38.6 Å². The number of carbonyl (C=O) groups excluding carboxylic acids is 2. The fourth-order valence-corrected chi connectivity index (χ4v) is 9.17. The summed E-state index contributed by atoms with van der Waals surface area (Å²) in [6.45, 7) is 4.59. The number of carbonyl (C=O) groups is 3. The molecule has 0 bridgehead atoms. The highest BCUT2D eigenvalue weighted by molar-refractivity contribution is 5.71. The van der Waals surface area contributed by atoms with Crippen LogP contribution in [0, 0.1) is 0 Å². The van der Waals surface area contributed by atoms with Crippen LogP contribution in [-0.4, -0.2) is 87.4 Å². The number of esters is 2. The summed E-state index contributed by atoms with van der Waals surface area (Å²) in [6, 6.07) is 0.